The minimum atomic E-state index is -0.697. The molecule has 0 bridgehead atoms. The molecule has 0 spiro atoms. The van der Waals surface area contributed by atoms with Crippen LogP contribution in [0.4, 0.5) is 19.3 Å². The summed E-state index contributed by atoms with van der Waals surface area (Å²) in [5.41, 5.74) is 1.91. The van der Waals surface area contributed by atoms with Gasteiger partial charge in [-0.3, -0.25) is 14.6 Å². The number of cyclic esters (lactones) is 1. The smallest absolute Gasteiger partial charge is 0.414 e. The molecule has 5 rings (SSSR count). The number of hydrogen-bond acceptors (Lipinski definition) is 7. The van der Waals surface area contributed by atoms with Gasteiger partial charge in [-0.2, -0.15) is 5.17 Å². The van der Waals surface area contributed by atoms with Gasteiger partial charge in [-0.05, 0) is 41.6 Å². The van der Waals surface area contributed by atoms with E-state index in [0.29, 0.717) is 25.1 Å². The molecule has 0 aliphatic carbocycles. The van der Waals surface area contributed by atoms with Gasteiger partial charge < -0.3 is 4.74 Å². The Hall–Kier alpha value is -2.92. The highest BCUT2D eigenvalue weighted by Crippen LogP contribution is 2.33. The van der Waals surface area contributed by atoms with Crippen LogP contribution in [0.2, 0.25) is 0 Å². The molecule has 7 nitrogen and oxygen atoms in total. The maximum Gasteiger partial charge on any atom is 0.414 e. The number of nitrogens with one attached hydrogen (secondary N) is 1. The Morgan fingerprint density at radius 3 is 2.65 bits per heavy atom. The summed E-state index contributed by atoms with van der Waals surface area (Å²) in [7, 11) is 0. The molecule has 0 radical (unpaired) electrons. The second-order valence-electron chi connectivity index (χ2n) is 8.20. The van der Waals surface area contributed by atoms with Crippen molar-refractivity contribution in [1.82, 2.24) is 14.9 Å². The fourth-order valence-electron chi connectivity index (χ4n) is 4.26. The molecule has 0 aromatic heterocycles. The van der Waals surface area contributed by atoms with Gasteiger partial charge in [0.1, 0.15) is 30.9 Å². The van der Waals surface area contributed by atoms with Crippen molar-refractivity contribution in [3.8, 4) is 0 Å². The van der Waals surface area contributed by atoms with Crippen molar-refractivity contribution in [1.29, 1.82) is 0 Å². The van der Waals surface area contributed by atoms with Gasteiger partial charge in [0.2, 0.25) is 0 Å². The molecule has 0 saturated carbocycles. The van der Waals surface area contributed by atoms with E-state index in [1.807, 2.05) is 24.3 Å². The Kier molecular flexibility index (Phi) is 6.82. The zero-order valence-electron chi connectivity index (χ0n) is 18.3. The number of amides is 1. The van der Waals surface area contributed by atoms with Gasteiger partial charge in [0.15, 0.2) is 0 Å². The third kappa shape index (κ3) is 4.95. The van der Waals surface area contributed by atoms with Gasteiger partial charge >= 0.3 is 6.09 Å². The van der Waals surface area contributed by atoms with Crippen molar-refractivity contribution < 1.29 is 23.1 Å². The SMILES string of the molecule is O=C1OCC(CON2C=CSN2)N1c1cc(F)c(C2=CCN(Cc3ccccc3)CC2)c(F)c1. The normalized spacial score (nSPS) is 20.7. The van der Waals surface area contributed by atoms with Gasteiger partial charge in [-0.15, -0.1) is 4.83 Å². The number of nitrogens with zero attached hydrogens (tertiary/aromatic N) is 3. The van der Waals surface area contributed by atoms with Gasteiger partial charge in [0, 0.05) is 30.6 Å². The monoisotopic (exact) mass is 486 g/mol. The first-order valence-corrected chi connectivity index (χ1v) is 11.9. The lowest BCUT2D eigenvalue weighted by Gasteiger charge is -2.27. The molecule has 1 saturated heterocycles. The number of hydroxylamine groups is 1. The summed E-state index contributed by atoms with van der Waals surface area (Å²) < 4.78 is 35.4. The third-order valence-electron chi connectivity index (χ3n) is 5.94. The lowest BCUT2D eigenvalue weighted by molar-refractivity contribution is -0.138. The predicted octanol–water partition coefficient (Wildman–Crippen LogP) is 4.45. The van der Waals surface area contributed by atoms with E-state index in [1.54, 1.807) is 11.6 Å². The van der Waals surface area contributed by atoms with Gasteiger partial charge in [0.25, 0.3) is 0 Å². The Labute approximate surface area is 200 Å². The van der Waals surface area contributed by atoms with Crippen LogP contribution in [0.15, 0.2) is 60.1 Å². The van der Waals surface area contributed by atoms with Gasteiger partial charge in [-0.1, -0.05) is 36.4 Å². The van der Waals surface area contributed by atoms with Crippen molar-refractivity contribution >= 4 is 29.3 Å². The lowest BCUT2D eigenvalue weighted by Crippen LogP contribution is -2.39. The van der Waals surface area contributed by atoms with E-state index in [4.69, 9.17) is 9.57 Å². The standard InChI is InChI=1S/C24H24F2N4O3S/c25-21-12-19(30-20(15-32-24(30)31)16-33-29-10-11-34-27-29)13-22(26)23(21)18-6-8-28(9-7-18)14-17-4-2-1-3-5-17/h1-6,10-13,20,27H,7-9,14-16H2. The molecule has 2 aromatic rings. The van der Waals surface area contributed by atoms with Crippen molar-refractivity contribution in [2.75, 3.05) is 31.2 Å². The van der Waals surface area contributed by atoms with Crippen molar-refractivity contribution in [3.63, 3.8) is 0 Å². The van der Waals surface area contributed by atoms with Crippen molar-refractivity contribution in [3.05, 3.63) is 82.9 Å². The summed E-state index contributed by atoms with van der Waals surface area (Å²) in [4.78, 5) is 24.2. The maximum absolute atomic E-state index is 15.1. The van der Waals surface area contributed by atoms with Crippen LogP contribution in [0, 0.1) is 11.6 Å². The summed E-state index contributed by atoms with van der Waals surface area (Å²) >= 11 is 1.33. The molecule has 34 heavy (non-hydrogen) atoms. The number of rotatable bonds is 7. The van der Waals surface area contributed by atoms with Crippen molar-refractivity contribution in [2.24, 2.45) is 0 Å². The first-order valence-electron chi connectivity index (χ1n) is 11.0. The first kappa shape index (κ1) is 22.9. The molecule has 1 N–H and O–H groups in total. The molecule has 3 aliphatic rings. The zero-order chi connectivity index (χ0) is 23.5. The van der Waals surface area contributed by atoms with E-state index < -0.39 is 23.8 Å². The van der Waals surface area contributed by atoms with E-state index >= 15 is 8.78 Å². The highest BCUT2D eigenvalue weighted by Gasteiger charge is 2.36. The van der Waals surface area contributed by atoms with Crippen LogP contribution in [0.25, 0.3) is 5.57 Å². The zero-order valence-corrected chi connectivity index (χ0v) is 19.1. The maximum atomic E-state index is 15.1. The van der Waals surface area contributed by atoms with Crippen LogP contribution in [0.1, 0.15) is 17.5 Å². The number of carbonyl (C=O) groups is 1. The van der Waals surface area contributed by atoms with E-state index in [2.05, 4.69) is 21.9 Å². The van der Waals surface area contributed by atoms with E-state index in [-0.39, 0.29) is 24.5 Å². The molecule has 1 unspecified atom stereocenters. The molecule has 178 valence electrons. The molecule has 1 fully saturated rings. The minimum Gasteiger partial charge on any atom is -0.447 e. The topological polar surface area (TPSA) is 57.3 Å². The quantitative estimate of drug-likeness (QED) is 0.581. The summed E-state index contributed by atoms with van der Waals surface area (Å²) in [5, 5.41) is 3.19. The highest BCUT2D eigenvalue weighted by atomic mass is 32.2. The number of hydrazine groups is 1. The molecule has 10 heteroatoms. The average Bonchev–Trinajstić information content (AvgIpc) is 3.48. The molecule has 1 amide bonds. The second-order valence-corrected chi connectivity index (χ2v) is 8.89. The van der Waals surface area contributed by atoms with Crippen LogP contribution in [-0.4, -0.2) is 48.5 Å². The molecular formula is C24H24F2N4O3S. The second kappa shape index (κ2) is 10.1. The number of anilines is 1. The molecule has 2 aromatic carbocycles. The van der Waals surface area contributed by atoms with Crippen LogP contribution >= 0.6 is 11.9 Å². The van der Waals surface area contributed by atoms with E-state index in [9.17, 15) is 4.79 Å². The van der Waals surface area contributed by atoms with Crippen molar-refractivity contribution in [2.45, 2.75) is 19.0 Å². The molecular weight excluding hydrogens is 462 g/mol. The van der Waals surface area contributed by atoms with Crippen LogP contribution in [0.5, 0.6) is 0 Å². The Bertz CT molecular complexity index is 1090. The predicted molar refractivity (Wildman–Crippen MR) is 126 cm³/mol. The molecule has 3 heterocycles. The summed E-state index contributed by atoms with van der Waals surface area (Å²) in [6.07, 6.45) is 3.44. The summed E-state index contributed by atoms with van der Waals surface area (Å²) in [6.45, 7) is 2.26. The number of hydrogen-bond donors (Lipinski definition) is 1. The van der Waals surface area contributed by atoms with E-state index in [1.165, 1.54) is 39.7 Å². The number of halogens is 2. The summed E-state index contributed by atoms with van der Waals surface area (Å²) in [5.74, 6) is -1.39. The number of carbonyl (C=O) groups excluding carboxylic acids is 1. The largest absolute Gasteiger partial charge is 0.447 e. The van der Waals surface area contributed by atoms with Crippen LogP contribution in [0.3, 0.4) is 0 Å². The van der Waals surface area contributed by atoms with Crippen LogP contribution in [-0.2, 0) is 16.1 Å². The molecule has 1 atom stereocenters. The fraction of sp³-hybridized carbons (Fsp3) is 0.292. The fourth-order valence-corrected chi connectivity index (χ4v) is 4.71. The Morgan fingerprint density at radius 1 is 1.18 bits per heavy atom. The van der Waals surface area contributed by atoms with E-state index in [0.717, 1.165) is 6.54 Å². The Balaban J connectivity index is 1.29. The molecule has 3 aliphatic heterocycles. The summed E-state index contributed by atoms with van der Waals surface area (Å²) in [6, 6.07) is 12.0. The number of ether oxygens (including phenoxy) is 1. The average molecular weight is 487 g/mol. The highest BCUT2D eigenvalue weighted by molar-refractivity contribution is 8.00. The van der Waals surface area contributed by atoms with Gasteiger partial charge in [0.05, 0.1) is 11.9 Å². The minimum absolute atomic E-state index is 0.0353. The van der Waals surface area contributed by atoms with Gasteiger partial charge in [-0.25, -0.2) is 13.6 Å². The van der Waals surface area contributed by atoms with Crippen LogP contribution < -0.4 is 9.73 Å². The Morgan fingerprint density at radius 2 is 1.97 bits per heavy atom. The third-order valence-corrected chi connectivity index (χ3v) is 6.49. The first-order chi connectivity index (χ1) is 16.6. The lowest BCUT2D eigenvalue weighted by atomic mass is 9.97. The number of benzene rings is 2.